The summed E-state index contributed by atoms with van der Waals surface area (Å²) in [6.45, 7) is 14.1. The third-order valence-corrected chi connectivity index (χ3v) is 3.55. The van der Waals surface area contributed by atoms with E-state index in [0.717, 1.165) is 19.5 Å². The van der Waals surface area contributed by atoms with Crippen LogP contribution in [0.5, 0.6) is 0 Å². The molecule has 1 aliphatic heterocycles. The molecule has 1 fully saturated rings. The Kier molecular flexibility index (Phi) is 3.56. The minimum absolute atomic E-state index is 0.170. The number of carbonyl (C=O) groups is 1. The summed E-state index contributed by atoms with van der Waals surface area (Å²) in [5.41, 5.74) is -0.148. The minimum atomic E-state index is -0.395. The molecule has 0 unspecified atom stereocenters. The first kappa shape index (κ1) is 13.3. The fraction of sp³-hybridized carbons (Fsp3) is 0.923. The third-order valence-electron chi connectivity index (χ3n) is 3.55. The molecule has 3 nitrogen and oxygen atoms in total. The second-order valence-corrected chi connectivity index (χ2v) is 6.46. The number of rotatable bonds is 1. The Hall–Kier alpha value is -0.730. The van der Waals surface area contributed by atoms with E-state index in [1.807, 2.05) is 25.7 Å². The lowest BCUT2D eigenvalue weighted by Gasteiger charge is -2.29. The Morgan fingerprint density at radius 2 is 1.94 bits per heavy atom. The highest BCUT2D eigenvalue weighted by atomic mass is 16.6. The fourth-order valence-corrected chi connectivity index (χ4v) is 1.94. The van der Waals surface area contributed by atoms with Gasteiger partial charge < -0.3 is 9.64 Å². The predicted octanol–water partition coefficient (Wildman–Crippen LogP) is 3.29. The van der Waals surface area contributed by atoms with Gasteiger partial charge in [0.2, 0.25) is 0 Å². The summed E-state index contributed by atoms with van der Waals surface area (Å²) >= 11 is 0. The molecule has 1 amide bonds. The highest BCUT2D eigenvalue weighted by Gasteiger charge is 2.39. The van der Waals surface area contributed by atoms with Crippen LogP contribution in [0.25, 0.3) is 0 Å². The second-order valence-electron chi connectivity index (χ2n) is 6.46. The molecule has 0 aromatic heterocycles. The number of hydrogen-bond acceptors (Lipinski definition) is 2. The monoisotopic (exact) mass is 227 g/mol. The third kappa shape index (κ3) is 3.13. The van der Waals surface area contributed by atoms with E-state index in [1.165, 1.54) is 0 Å². The average molecular weight is 227 g/mol. The van der Waals surface area contributed by atoms with Crippen molar-refractivity contribution < 1.29 is 9.53 Å². The number of hydrogen-bond donors (Lipinski definition) is 0. The Morgan fingerprint density at radius 3 is 2.31 bits per heavy atom. The van der Waals surface area contributed by atoms with Gasteiger partial charge in [-0.3, -0.25) is 0 Å². The molecule has 0 N–H and O–H groups in total. The van der Waals surface area contributed by atoms with Gasteiger partial charge in [0.15, 0.2) is 0 Å². The zero-order chi connectivity index (χ0) is 12.6. The zero-order valence-corrected chi connectivity index (χ0v) is 11.5. The number of likely N-dealkylation sites (tertiary alicyclic amines) is 1. The van der Waals surface area contributed by atoms with Crippen molar-refractivity contribution in [2.45, 2.75) is 53.6 Å². The fourth-order valence-electron chi connectivity index (χ4n) is 1.94. The number of ether oxygens (including phenoxy) is 1. The molecule has 0 saturated carbocycles. The number of carbonyl (C=O) groups excluding carboxylic acids is 1. The predicted molar refractivity (Wildman–Crippen MR) is 65.4 cm³/mol. The first-order valence-corrected chi connectivity index (χ1v) is 6.12. The normalized spacial score (nSPS) is 26.3. The van der Waals surface area contributed by atoms with E-state index in [1.54, 1.807) is 0 Å². The lowest BCUT2D eigenvalue weighted by molar-refractivity contribution is 0.0266. The molecule has 1 saturated heterocycles. The molecule has 16 heavy (non-hydrogen) atoms. The van der Waals surface area contributed by atoms with Gasteiger partial charge in [-0.05, 0) is 38.5 Å². The lowest BCUT2D eigenvalue weighted by Crippen LogP contribution is -2.37. The van der Waals surface area contributed by atoms with Crippen LogP contribution >= 0.6 is 0 Å². The number of nitrogens with zero attached hydrogens (tertiary/aromatic N) is 1. The first-order chi connectivity index (χ1) is 7.14. The molecule has 1 rings (SSSR count). The largest absolute Gasteiger partial charge is 0.444 e. The summed E-state index contributed by atoms with van der Waals surface area (Å²) < 4.78 is 5.38. The van der Waals surface area contributed by atoms with Gasteiger partial charge in [0.1, 0.15) is 5.60 Å². The maximum absolute atomic E-state index is 11.9. The van der Waals surface area contributed by atoms with Crippen LogP contribution in [0.15, 0.2) is 0 Å². The highest BCUT2D eigenvalue weighted by Crippen LogP contribution is 2.37. The standard InChI is InChI=1S/C13H25NO2/c1-10(2)13(6)7-8-14(9-13)11(15)16-12(3,4)5/h10H,7-9H2,1-6H3/t13-/m0/s1. The van der Waals surface area contributed by atoms with Crippen LogP contribution in [-0.4, -0.2) is 29.7 Å². The van der Waals surface area contributed by atoms with E-state index < -0.39 is 5.60 Å². The van der Waals surface area contributed by atoms with E-state index in [2.05, 4.69) is 20.8 Å². The molecule has 0 aromatic rings. The smallest absolute Gasteiger partial charge is 0.410 e. The van der Waals surface area contributed by atoms with Gasteiger partial charge in [0.05, 0.1) is 0 Å². The van der Waals surface area contributed by atoms with E-state index in [4.69, 9.17) is 4.74 Å². The van der Waals surface area contributed by atoms with Crippen molar-refractivity contribution in [1.29, 1.82) is 0 Å². The van der Waals surface area contributed by atoms with E-state index in [0.29, 0.717) is 5.92 Å². The quantitative estimate of drug-likeness (QED) is 0.688. The Labute approximate surface area is 99.1 Å². The molecule has 1 atom stereocenters. The van der Waals surface area contributed by atoms with Gasteiger partial charge in [-0.2, -0.15) is 0 Å². The molecule has 1 heterocycles. The van der Waals surface area contributed by atoms with Crippen molar-refractivity contribution >= 4 is 6.09 Å². The van der Waals surface area contributed by atoms with Crippen molar-refractivity contribution in [2.24, 2.45) is 11.3 Å². The van der Waals surface area contributed by atoms with Gasteiger partial charge in [0, 0.05) is 13.1 Å². The molecule has 1 aliphatic rings. The number of amides is 1. The van der Waals surface area contributed by atoms with Gasteiger partial charge in [0.25, 0.3) is 0 Å². The molecule has 0 bridgehead atoms. The molecular weight excluding hydrogens is 202 g/mol. The van der Waals surface area contributed by atoms with Crippen LogP contribution in [-0.2, 0) is 4.74 Å². The summed E-state index contributed by atoms with van der Waals surface area (Å²) in [4.78, 5) is 13.7. The molecule has 0 aromatic carbocycles. The van der Waals surface area contributed by atoms with E-state index >= 15 is 0 Å². The van der Waals surface area contributed by atoms with E-state index in [9.17, 15) is 4.79 Å². The van der Waals surface area contributed by atoms with Gasteiger partial charge in [-0.1, -0.05) is 20.8 Å². The van der Waals surface area contributed by atoms with Crippen LogP contribution in [0, 0.1) is 11.3 Å². The van der Waals surface area contributed by atoms with Gasteiger partial charge in [-0.15, -0.1) is 0 Å². The lowest BCUT2D eigenvalue weighted by atomic mass is 9.79. The Bertz CT molecular complexity index is 268. The molecule has 94 valence electrons. The average Bonchev–Trinajstić information content (AvgIpc) is 2.46. The minimum Gasteiger partial charge on any atom is -0.444 e. The van der Waals surface area contributed by atoms with Gasteiger partial charge in [-0.25, -0.2) is 4.79 Å². The maximum Gasteiger partial charge on any atom is 0.410 e. The van der Waals surface area contributed by atoms with Crippen LogP contribution in [0.2, 0.25) is 0 Å². The topological polar surface area (TPSA) is 29.5 Å². The highest BCUT2D eigenvalue weighted by molar-refractivity contribution is 5.68. The maximum atomic E-state index is 11.9. The van der Waals surface area contributed by atoms with Crippen LogP contribution < -0.4 is 0 Å². The second kappa shape index (κ2) is 4.27. The van der Waals surface area contributed by atoms with Crippen LogP contribution in [0.4, 0.5) is 4.79 Å². The Morgan fingerprint density at radius 1 is 1.38 bits per heavy atom. The van der Waals surface area contributed by atoms with Crippen molar-refractivity contribution in [3.63, 3.8) is 0 Å². The molecule has 3 heteroatoms. The van der Waals surface area contributed by atoms with Crippen molar-refractivity contribution in [1.82, 2.24) is 4.90 Å². The molecule has 0 radical (unpaired) electrons. The summed E-state index contributed by atoms with van der Waals surface area (Å²) in [6.07, 6.45) is 0.904. The van der Waals surface area contributed by atoms with Crippen molar-refractivity contribution in [3.8, 4) is 0 Å². The van der Waals surface area contributed by atoms with Crippen LogP contribution in [0.3, 0.4) is 0 Å². The first-order valence-electron chi connectivity index (χ1n) is 6.12. The molecule has 0 aliphatic carbocycles. The summed E-state index contributed by atoms with van der Waals surface area (Å²) in [5, 5.41) is 0. The van der Waals surface area contributed by atoms with Gasteiger partial charge >= 0.3 is 6.09 Å². The van der Waals surface area contributed by atoms with E-state index in [-0.39, 0.29) is 11.5 Å². The zero-order valence-electron chi connectivity index (χ0n) is 11.5. The Balaban J connectivity index is 2.57. The summed E-state index contributed by atoms with van der Waals surface area (Å²) in [6, 6.07) is 0. The molecular formula is C13H25NO2. The summed E-state index contributed by atoms with van der Waals surface area (Å²) in [5.74, 6) is 0.597. The van der Waals surface area contributed by atoms with Crippen LogP contribution in [0.1, 0.15) is 48.0 Å². The SMILES string of the molecule is CC(C)[C@@]1(C)CCN(C(=O)OC(C)(C)C)C1. The summed E-state index contributed by atoms with van der Waals surface area (Å²) in [7, 11) is 0. The van der Waals surface area contributed by atoms with Crippen molar-refractivity contribution in [3.05, 3.63) is 0 Å². The van der Waals surface area contributed by atoms with Crippen molar-refractivity contribution in [2.75, 3.05) is 13.1 Å². The molecule has 0 spiro atoms.